The predicted octanol–water partition coefficient (Wildman–Crippen LogP) is 1.51. The van der Waals surface area contributed by atoms with Crippen molar-refractivity contribution in [3.05, 3.63) is 23.8 Å². The number of benzene rings is 1. The second-order valence-corrected chi connectivity index (χ2v) is 5.39. The Morgan fingerprint density at radius 3 is 2.80 bits per heavy atom. The van der Waals surface area contributed by atoms with Gasteiger partial charge in [0, 0.05) is 25.7 Å². The maximum absolute atomic E-state index is 12.8. The molecule has 0 unspecified atom stereocenters. The van der Waals surface area contributed by atoms with Gasteiger partial charge in [0.1, 0.15) is 0 Å². The monoisotopic (exact) mass is 275 g/mol. The molecule has 3 N–H and O–H groups in total. The SMILES string of the molecule is O=C(c1cccc2c1NCCN2)N(CCO)C1CCC1. The van der Waals surface area contributed by atoms with E-state index in [9.17, 15) is 9.90 Å². The Bertz CT molecular complexity index is 500. The minimum atomic E-state index is 0.0168. The van der Waals surface area contributed by atoms with Gasteiger partial charge in [-0.15, -0.1) is 0 Å². The van der Waals surface area contributed by atoms with Gasteiger partial charge in [0.15, 0.2) is 0 Å². The Labute approximate surface area is 119 Å². The van der Waals surface area contributed by atoms with E-state index in [1.807, 2.05) is 23.1 Å². The largest absolute Gasteiger partial charge is 0.395 e. The molecule has 2 aliphatic rings. The fraction of sp³-hybridized carbons (Fsp3) is 0.533. The number of hydrogen-bond donors (Lipinski definition) is 3. The van der Waals surface area contributed by atoms with Gasteiger partial charge in [0.2, 0.25) is 0 Å². The second-order valence-electron chi connectivity index (χ2n) is 5.39. The summed E-state index contributed by atoms with van der Waals surface area (Å²) in [5.41, 5.74) is 2.58. The molecular weight excluding hydrogens is 254 g/mol. The maximum Gasteiger partial charge on any atom is 0.256 e. The van der Waals surface area contributed by atoms with Crippen molar-refractivity contribution in [2.24, 2.45) is 0 Å². The third kappa shape index (κ3) is 2.33. The number of nitrogens with one attached hydrogen (secondary N) is 2. The lowest BCUT2D eigenvalue weighted by Gasteiger charge is -2.38. The average molecular weight is 275 g/mol. The Morgan fingerprint density at radius 1 is 1.30 bits per heavy atom. The zero-order chi connectivity index (χ0) is 13.9. The summed E-state index contributed by atoms with van der Waals surface area (Å²) < 4.78 is 0. The number of amides is 1. The number of aliphatic hydroxyl groups is 1. The smallest absolute Gasteiger partial charge is 0.256 e. The highest BCUT2D eigenvalue weighted by molar-refractivity contribution is 6.03. The van der Waals surface area contributed by atoms with Crippen molar-refractivity contribution in [1.82, 2.24) is 4.90 Å². The van der Waals surface area contributed by atoms with Gasteiger partial charge in [0.05, 0.1) is 23.5 Å². The summed E-state index contributed by atoms with van der Waals surface area (Å²) in [5, 5.41) is 15.8. The van der Waals surface area contributed by atoms with E-state index in [4.69, 9.17) is 0 Å². The van der Waals surface area contributed by atoms with Gasteiger partial charge >= 0.3 is 0 Å². The summed E-state index contributed by atoms with van der Waals surface area (Å²) in [4.78, 5) is 14.6. The highest BCUT2D eigenvalue weighted by atomic mass is 16.3. The first-order chi connectivity index (χ1) is 9.81. The predicted molar refractivity (Wildman–Crippen MR) is 79.2 cm³/mol. The zero-order valence-corrected chi connectivity index (χ0v) is 11.6. The summed E-state index contributed by atoms with van der Waals surface area (Å²) >= 11 is 0. The van der Waals surface area contributed by atoms with Gasteiger partial charge in [-0.25, -0.2) is 0 Å². The summed E-state index contributed by atoms with van der Waals surface area (Å²) in [5.74, 6) is 0.0248. The van der Waals surface area contributed by atoms with Crippen molar-refractivity contribution in [2.45, 2.75) is 25.3 Å². The van der Waals surface area contributed by atoms with Crippen LogP contribution >= 0.6 is 0 Å². The van der Waals surface area contributed by atoms with Crippen LogP contribution in [0.5, 0.6) is 0 Å². The van der Waals surface area contributed by atoms with Crippen LogP contribution in [-0.2, 0) is 0 Å². The van der Waals surface area contributed by atoms with E-state index in [2.05, 4.69) is 10.6 Å². The van der Waals surface area contributed by atoms with Crippen LogP contribution in [0.15, 0.2) is 18.2 Å². The number of hydrogen-bond acceptors (Lipinski definition) is 4. The fourth-order valence-electron chi connectivity index (χ4n) is 2.86. The van der Waals surface area contributed by atoms with Crippen molar-refractivity contribution >= 4 is 17.3 Å². The topological polar surface area (TPSA) is 64.6 Å². The zero-order valence-electron chi connectivity index (χ0n) is 11.6. The number of anilines is 2. The molecular formula is C15H21N3O2. The molecule has 1 aliphatic heterocycles. The van der Waals surface area contributed by atoms with E-state index in [0.29, 0.717) is 18.2 Å². The van der Waals surface area contributed by atoms with E-state index in [1.54, 1.807) is 0 Å². The molecule has 1 fully saturated rings. The van der Waals surface area contributed by atoms with E-state index in [0.717, 1.165) is 37.3 Å². The van der Waals surface area contributed by atoms with Crippen LogP contribution in [-0.4, -0.2) is 48.2 Å². The third-order valence-electron chi connectivity index (χ3n) is 4.15. The molecule has 5 nitrogen and oxygen atoms in total. The van der Waals surface area contributed by atoms with Crippen LogP contribution in [0.2, 0.25) is 0 Å². The molecule has 0 radical (unpaired) electrons. The highest BCUT2D eigenvalue weighted by Crippen LogP contribution is 2.32. The summed E-state index contributed by atoms with van der Waals surface area (Å²) in [6.45, 7) is 2.12. The number of para-hydroxylation sites is 1. The lowest BCUT2D eigenvalue weighted by molar-refractivity contribution is 0.0527. The number of aliphatic hydroxyl groups excluding tert-OH is 1. The fourth-order valence-corrected chi connectivity index (χ4v) is 2.86. The molecule has 0 spiro atoms. The Morgan fingerprint density at radius 2 is 2.10 bits per heavy atom. The van der Waals surface area contributed by atoms with E-state index < -0.39 is 0 Å². The van der Waals surface area contributed by atoms with Gasteiger partial charge in [-0.3, -0.25) is 4.79 Å². The Kier molecular flexibility index (Phi) is 3.78. The van der Waals surface area contributed by atoms with Crippen LogP contribution in [0, 0.1) is 0 Å². The van der Waals surface area contributed by atoms with Crippen molar-refractivity contribution in [3.8, 4) is 0 Å². The molecule has 108 valence electrons. The van der Waals surface area contributed by atoms with Gasteiger partial charge in [0.25, 0.3) is 5.91 Å². The van der Waals surface area contributed by atoms with Gasteiger partial charge in [-0.05, 0) is 31.4 Å². The minimum Gasteiger partial charge on any atom is -0.395 e. The average Bonchev–Trinajstić information content (AvgIpc) is 2.43. The number of nitrogens with zero attached hydrogens (tertiary/aromatic N) is 1. The quantitative estimate of drug-likeness (QED) is 0.779. The molecule has 5 heteroatoms. The lowest BCUT2D eigenvalue weighted by Crippen LogP contribution is -2.46. The lowest BCUT2D eigenvalue weighted by atomic mass is 9.90. The molecule has 1 aromatic carbocycles. The Balaban J connectivity index is 1.88. The van der Waals surface area contributed by atoms with Crippen molar-refractivity contribution in [2.75, 3.05) is 36.9 Å². The number of carbonyl (C=O) groups is 1. The van der Waals surface area contributed by atoms with Gasteiger partial charge in [-0.1, -0.05) is 6.07 Å². The number of carbonyl (C=O) groups excluding carboxylic acids is 1. The van der Waals surface area contributed by atoms with Crippen LogP contribution in [0.4, 0.5) is 11.4 Å². The van der Waals surface area contributed by atoms with Crippen LogP contribution in [0.25, 0.3) is 0 Å². The maximum atomic E-state index is 12.8. The molecule has 0 saturated heterocycles. The molecule has 0 bridgehead atoms. The minimum absolute atomic E-state index is 0.0168. The first-order valence-corrected chi connectivity index (χ1v) is 7.34. The molecule has 0 aromatic heterocycles. The summed E-state index contributed by atoms with van der Waals surface area (Å²) in [7, 11) is 0. The van der Waals surface area contributed by atoms with Crippen molar-refractivity contribution in [1.29, 1.82) is 0 Å². The normalized spacial score (nSPS) is 17.4. The van der Waals surface area contributed by atoms with Crippen molar-refractivity contribution in [3.63, 3.8) is 0 Å². The summed E-state index contributed by atoms with van der Waals surface area (Å²) in [6, 6.07) is 6.05. The van der Waals surface area contributed by atoms with E-state index in [1.165, 1.54) is 6.42 Å². The van der Waals surface area contributed by atoms with Crippen LogP contribution < -0.4 is 10.6 Å². The number of rotatable bonds is 4. The molecule has 1 aliphatic carbocycles. The molecule has 1 aromatic rings. The molecule has 1 heterocycles. The second kappa shape index (κ2) is 5.71. The molecule has 1 saturated carbocycles. The van der Waals surface area contributed by atoms with Gasteiger partial charge < -0.3 is 20.6 Å². The molecule has 0 atom stereocenters. The van der Waals surface area contributed by atoms with Crippen LogP contribution in [0.3, 0.4) is 0 Å². The number of fused-ring (bicyclic) bond motifs is 1. The standard InChI is InChI=1S/C15H21N3O2/c19-10-9-18(11-3-1-4-11)15(20)12-5-2-6-13-14(12)17-8-7-16-13/h2,5-6,11,16-17,19H,1,3-4,7-10H2. The molecule has 3 rings (SSSR count). The summed E-state index contributed by atoms with van der Waals surface area (Å²) in [6.07, 6.45) is 3.27. The first kappa shape index (κ1) is 13.2. The first-order valence-electron chi connectivity index (χ1n) is 7.34. The molecule has 1 amide bonds. The van der Waals surface area contributed by atoms with E-state index in [-0.39, 0.29) is 12.5 Å². The van der Waals surface area contributed by atoms with Gasteiger partial charge in [-0.2, -0.15) is 0 Å². The van der Waals surface area contributed by atoms with Crippen LogP contribution in [0.1, 0.15) is 29.6 Å². The highest BCUT2D eigenvalue weighted by Gasteiger charge is 2.30. The van der Waals surface area contributed by atoms with E-state index >= 15 is 0 Å². The van der Waals surface area contributed by atoms with Crippen molar-refractivity contribution < 1.29 is 9.90 Å². The Hall–Kier alpha value is -1.75. The molecule has 20 heavy (non-hydrogen) atoms. The third-order valence-corrected chi connectivity index (χ3v) is 4.15.